The summed E-state index contributed by atoms with van der Waals surface area (Å²) in [7, 11) is 0. The maximum absolute atomic E-state index is 9.80. The molecule has 1 aliphatic rings. The van der Waals surface area contributed by atoms with Crippen molar-refractivity contribution in [3.05, 3.63) is 0 Å². The molecule has 5 atom stereocenters. The highest BCUT2D eigenvalue weighted by atomic mass is 79.9. The van der Waals surface area contributed by atoms with Gasteiger partial charge < -0.3 is 34.6 Å². The van der Waals surface area contributed by atoms with Crippen LogP contribution in [-0.2, 0) is 14.2 Å². The molecule has 0 radical (unpaired) electrons. The van der Waals surface area contributed by atoms with Crippen molar-refractivity contribution in [3.8, 4) is 0 Å². The van der Waals surface area contributed by atoms with Crippen LogP contribution < -0.4 is 0 Å². The van der Waals surface area contributed by atoms with Gasteiger partial charge >= 0.3 is 0 Å². The molecule has 19 heavy (non-hydrogen) atoms. The molecular formula is C11H21BrO7. The third-order valence-electron chi connectivity index (χ3n) is 2.78. The molecule has 0 bridgehead atoms. The molecular weight excluding hydrogens is 324 g/mol. The van der Waals surface area contributed by atoms with Gasteiger partial charge in [0.25, 0.3) is 0 Å². The molecule has 1 heterocycles. The van der Waals surface area contributed by atoms with E-state index in [1.807, 2.05) is 0 Å². The average molecular weight is 345 g/mol. The molecule has 4 N–H and O–H groups in total. The van der Waals surface area contributed by atoms with Crippen LogP contribution in [0.5, 0.6) is 0 Å². The Bertz CT molecular complexity index is 274. The summed E-state index contributed by atoms with van der Waals surface area (Å²) < 4.78 is 16.1. The summed E-state index contributed by atoms with van der Waals surface area (Å²) in [6, 6.07) is 0. The molecule has 0 aromatic rings. The van der Waals surface area contributed by atoms with E-state index in [1.165, 1.54) is 0 Å². The molecule has 1 rings (SSSR count). The first kappa shape index (κ1) is 17.3. The van der Waals surface area contributed by atoms with Crippen LogP contribution >= 0.6 is 15.9 Å². The van der Waals surface area contributed by atoms with Crippen molar-refractivity contribution in [2.24, 2.45) is 0 Å². The predicted octanol–water partition coefficient (Wildman–Crippen LogP) is -1.05. The zero-order valence-electron chi connectivity index (χ0n) is 10.9. The van der Waals surface area contributed by atoms with Crippen molar-refractivity contribution in [2.45, 2.75) is 50.3 Å². The number of ether oxygens (including phenoxy) is 3. The van der Waals surface area contributed by atoms with Crippen LogP contribution in [0.2, 0.25) is 0 Å². The van der Waals surface area contributed by atoms with Gasteiger partial charge in [0.1, 0.15) is 24.4 Å². The highest BCUT2D eigenvalue weighted by molar-refractivity contribution is 9.09. The summed E-state index contributed by atoms with van der Waals surface area (Å²) in [5, 5.41) is 38.7. The minimum absolute atomic E-state index is 0.393. The molecule has 0 aromatic heterocycles. The maximum atomic E-state index is 9.80. The third kappa shape index (κ3) is 4.61. The smallest absolute Gasteiger partial charge is 0.189 e. The summed E-state index contributed by atoms with van der Waals surface area (Å²) in [5.41, 5.74) is 0. The fourth-order valence-corrected chi connectivity index (χ4v) is 1.92. The molecule has 0 saturated carbocycles. The highest BCUT2D eigenvalue weighted by Gasteiger charge is 2.45. The van der Waals surface area contributed by atoms with Crippen molar-refractivity contribution >= 4 is 15.9 Å². The molecule has 1 aliphatic heterocycles. The Morgan fingerprint density at radius 2 is 1.79 bits per heavy atom. The van der Waals surface area contributed by atoms with Crippen LogP contribution in [0.25, 0.3) is 0 Å². The van der Waals surface area contributed by atoms with E-state index in [9.17, 15) is 15.3 Å². The molecule has 0 aliphatic carbocycles. The van der Waals surface area contributed by atoms with Gasteiger partial charge in [0.05, 0.1) is 13.2 Å². The second-order valence-corrected chi connectivity index (χ2v) is 5.55. The average Bonchev–Trinajstić information content (AvgIpc) is 2.37. The molecule has 0 spiro atoms. The maximum Gasteiger partial charge on any atom is 0.189 e. The van der Waals surface area contributed by atoms with Gasteiger partial charge in [0.15, 0.2) is 12.1 Å². The molecule has 7 nitrogen and oxygen atoms in total. The fraction of sp³-hybridized carbons (Fsp3) is 1.00. The SMILES string of the molecule is CC(C)(OCCBr)O[C@@H]1O[C@H](CO)[C@@H](O)[C@H](O)[C@H]1O. The van der Waals surface area contributed by atoms with Gasteiger partial charge in [0.2, 0.25) is 0 Å². The van der Waals surface area contributed by atoms with Crippen molar-refractivity contribution in [2.75, 3.05) is 18.5 Å². The topological polar surface area (TPSA) is 109 Å². The number of rotatable bonds is 6. The first-order valence-electron chi connectivity index (χ1n) is 6.00. The molecule has 0 unspecified atom stereocenters. The van der Waals surface area contributed by atoms with Crippen LogP contribution in [-0.4, -0.2) is 75.5 Å². The Morgan fingerprint density at radius 3 is 2.32 bits per heavy atom. The van der Waals surface area contributed by atoms with Crippen LogP contribution in [0.15, 0.2) is 0 Å². The van der Waals surface area contributed by atoms with E-state index in [1.54, 1.807) is 13.8 Å². The number of aliphatic hydroxyl groups excluding tert-OH is 4. The number of hydrogen-bond acceptors (Lipinski definition) is 7. The lowest BCUT2D eigenvalue weighted by Crippen LogP contribution is -2.60. The summed E-state index contributed by atoms with van der Waals surface area (Å²) in [5.74, 6) is -1.04. The van der Waals surface area contributed by atoms with E-state index in [-0.39, 0.29) is 0 Å². The minimum atomic E-state index is -1.46. The predicted molar refractivity (Wildman–Crippen MR) is 68.7 cm³/mol. The molecule has 1 fully saturated rings. The van der Waals surface area contributed by atoms with E-state index >= 15 is 0 Å². The van der Waals surface area contributed by atoms with Gasteiger partial charge in [-0.15, -0.1) is 0 Å². The largest absolute Gasteiger partial charge is 0.394 e. The Labute approximate surface area is 120 Å². The van der Waals surface area contributed by atoms with Crippen LogP contribution in [0.1, 0.15) is 13.8 Å². The molecule has 8 heteroatoms. The highest BCUT2D eigenvalue weighted by Crippen LogP contribution is 2.26. The van der Waals surface area contributed by atoms with Crippen LogP contribution in [0, 0.1) is 0 Å². The van der Waals surface area contributed by atoms with Crippen molar-refractivity contribution in [3.63, 3.8) is 0 Å². The number of halogens is 1. The fourth-order valence-electron chi connectivity index (χ4n) is 1.76. The quantitative estimate of drug-likeness (QED) is 0.359. The van der Waals surface area contributed by atoms with Crippen molar-refractivity contribution in [1.82, 2.24) is 0 Å². The lowest BCUT2D eigenvalue weighted by Gasteiger charge is -2.42. The van der Waals surface area contributed by atoms with E-state index in [0.29, 0.717) is 11.9 Å². The van der Waals surface area contributed by atoms with Crippen molar-refractivity contribution in [1.29, 1.82) is 0 Å². The zero-order chi connectivity index (χ0) is 14.6. The first-order valence-corrected chi connectivity index (χ1v) is 7.13. The van der Waals surface area contributed by atoms with Crippen LogP contribution in [0.4, 0.5) is 0 Å². The van der Waals surface area contributed by atoms with E-state index < -0.39 is 43.1 Å². The van der Waals surface area contributed by atoms with E-state index in [0.717, 1.165) is 0 Å². The van der Waals surface area contributed by atoms with Crippen molar-refractivity contribution < 1.29 is 34.6 Å². The number of hydrogen-bond donors (Lipinski definition) is 4. The van der Waals surface area contributed by atoms with Gasteiger partial charge in [-0.05, 0) is 13.8 Å². The standard InChI is InChI=1S/C11H21BrO7/c1-11(2,17-4-3-12)19-10-9(16)8(15)7(14)6(5-13)18-10/h6-10,13-16H,3-5H2,1-2H3/t6-,7-,8+,9-,10+/m1/s1. The number of alkyl halides is 1. The summed E-state index contributed by atoms with van der Waals surface area (Å²) in [6.45, 7) is 3.17. The Hall–Kier alpha value is 0.200. The van der Waals surface area contributed by atoms with Gasteiger partial charge in [-0.3, -0.25) is 0 Å². The number of aliphatic hydroxyl groups is 4. The van der Waals surface area contributed by atoms with E-state index in [4.69, 9.17) is 19.3 Å². The second-order valence-electron chi connectivity index (χ2n) is 4.75. The van der Waals surface area contributed by atoms with Gasteiger partial charge in [0, 0.05) is 5.33 Å². The van der Waals surface area contributed by atoms with E-state index in [2.05, 4.69) is 15.9 Å². The normalized spacial score (nSPS) is 36.5. The molecule has 0 amide bonds. The molecule has 114 valence electrons. The second kappa shape index (κ2) is 7.28. The lowest BCUT2D eigenvalue weighted by atomic mass is 9.99. The Balaban J connectivity index is 2.65. The third-order valence-corrected chi connectivity index (χ3v) is 3.10. The van der Waals surface area contributed by atoms with Gasteiger partial charge in [-0.1, -0.05) is 15.9 Å². The zero-order valence-corrected chi connectivity index (χ0v) is 12.5. The lowest BCUT2D eigenvalue weighted by molar-refractivity contribution is -0.360. The monoisotopic (exact) mass is 344 g/mol. The summed E-state index contributed by atoms with van der Waals surface area (Å²) in [6.07, 6.45) is -6.46. The first-order chi connectivity index (χ1) is 8.82. The Morgan fingerprint density at radius 1 is 1.16 bits per heavy atom. The summed E-state index contributed by atoms with van der Waals surface area (Å²) >= 11 is 3.21. The van der Waals surface area contributed by atoms with Gasteiger partial charge in [-0.25, -0.2) is 0 Å². The minimum Gasteiger partial charge on any atom is -0.394 e. The summed E-state index contributed by atoms with van der Waals surface area (Å²) in [4.78, 5) is 0. The van der Waals surface area contributed by atoms with Gasteiger partial charge in [-0.2, -0.15) is 0 Å². The molecule has 1 saturated heterocycles. The Kier molecular flexibility index (Phi) is 6.61. The molecule has 0 aromatic carbocycles. The van der Waals surface area contributed by atoms with Crippen LogP contribution in [0.3, 0.4) is 0 Å².